The lowest BCUT2D eigenvalue weighted by Gasteiger charge is -2.15. The molecule has 5 aromatic carbocycles. The van der Waals surface area contributed by atoms with E-state index in [2.05, 4.69) is 73.3 Å². The maximum Gasteiger partial charge on any atom is -0.00203 e. The van der Waals surface area contributed by atoms with Crippen LogP contribution in [0.1, 0.15) is 19.4 Å². The van der Waals surface area contributed by atoms with Gasteiger partial charge in [-0.15, -0.1) is 0 Å². The summed E-state index contributed by atoms with van der Waals surface area (Å²) < 4.78 is 0. The second-order valence-corrected chi connectivity index (χ2v) is 5.85. The van der Waals surface area contributed by atoms with Crippen LogP contribution in [-0.2, 0) is 0 Å². The predicted molar refractivity (Wildman–Crippen MR) is 109 cm³/mol. The fraction of sp³-hybridized carbons (Fsp3) is 0.0833. The van der Waals surface area contributed by atoms with Gasteiger partial charge in [0.25, 0.3) is 0 Å². The molecule has 5 rings (SSSR count). The quantitative estimate of drug-likeness (QED) is 0.223. The maximum absolute atomic E-state index is 4.02. The predicted octanol–water partition coefficient (Wildman–Crippen LogP) is 7.41. The van der Waals surface area contributed by atoms with E-state index in [1.807, 2.05) is 19.9 Å². The van der Waals surface area contributed by atoms with E-state index in [0.29, 0.717) is 0 Å². The van der Waals surface area contributed by atoms with Gasteiger partial charge in [-0.3, -0.25) is 0 Å². The van der Waals surface area contributed by atoms with Gasteiger partial charge in [-0.05, 0) is 48.7 Å². The Morgan fingerprint density at radius 3 is 1.75 bits per heavy atom. The van der Waals surface area contributed by atoms with Gasteiger partial charge in [-0.25, -0.2) is 0 Å². The molecule has 116 valence electrons. The molecule has 0 saturated heterocycles. The summed E-state index contributed by atoms with van der Waals surface area (Å²) in [4.78, 5) is 0. The molecule has 0 aliphatic heterocycles. The van der Waals surface area contributed by atoms with Crippen molar-refractivity contribution in [3.05, 3.63) is 78.9 Å². The minimum atomic E-state index is 1.21. The number of hydrogen-bond acceptors (Lipinski definition) is 0. The highest BCUT2D eigenvalue weighted by Crippen LogP contribution is 2.41. The zero-order valence-corrected chi connectivity index (χ0v) is 14.1. The Balaban J connectivity index is 0.000000704. The summed E-state index contributed by atoms with van der Waals surface area (Å²) in [6.45, 7) is 8.02. The summed E-state index contributed by atoms with van der Waals surface area (Å²) in [5.74, 6) is 0. The molecule has 0 amide bonds. The lowest BCUT2D eigenvalue weighted by molar-refractivity contribution is 1.50. The standard InChI is InChI=1S/C22H14.C2H6/c1-2-14-12-13-16-8-4-10-18-17-9-3-6-15-7-5-11-19(20(15)17)21(14)22(16)18;1-2/h2-13H,1H2;1-2H3. The summed E-state index contributed by atoms with van der Waals surface area (Å²) in [6, 6.07) is 24.2. The number of hydrogen-bond donors (Lipinski definition) is 0. The van der Waals surface area contributed by atoms with Gasteiger partial charge in [0.2, 0.25) is 0 Å². The van der Waals surface area contributed by atoms with E-state index >= 15 is 0 Å². The van der Waals surface area contributed by atoms with Crippen molar-refractivity contribution in [1.82, 2.24) is 0 Å². The fourth-order valence-corrected chi connectivity index (χ4v) is 3.85. The molecule has 0 aromatic heterocycles. The van der Waals surface area contributed by atoms with Crippen molar-refractivity contribution in [1.29, 1.82) is 0 Å². The summed E-state index contributed by atoms with van der Waals surface area (Å²) >= 11 is 0. The van der Waals surface area contributed by atoms with Crippen molar-refractivity contribution in [2.75, 3.05) is 0 Å². The Morgan fingerprint density at radius 1 is 0.583 bits per heavy atom. The van der Waals surface area contributed by atoms with Crippen molar-refractivity contribution in [2.45, 2.75) is 13.8 Å². The molecule has 0 spiro atoms. The van der Waals surface area contributed by atoms with Gasteiger partial charge in [-0.1, -0.05) is 93.2 Å². The molecule has 0 heteroatoms. The van der Waals surface area contributed by atoms with Gasteiger partial charge >= 0.3 is 0 Å². The Labute approximate surface area is 142 Å². The first kappa shape index (κ1) is 14.7. The topological polar surface area (TPSA) is 0 Å². The van der Waals surface area contributed by atoms with Crippen LogP contribution in [0.2, 0.25) is 0 Å². The van der Waals surface area contributed by atoms with E-state index < -0.39 is 0 Å². The van der Waals surface area contributed by atoms with Gasteiger partial charge in [-0.2, -0.15) is 0 Å². The fourth-order valence-electron chi connectivity index (χ4n) is 3.85. The van der Waals surface area contributed by atoms with E-state index in [4.69, 9.17) is 0 Å². The first-order valence-electron chi connectivity index (χ1n) is 8.59. The molecule has 0 heterocycles. The summed E-state index contributed by atoms with van der Waals surface area (Å²) in [7, 11) is 0. The van der Waals surface area contributed by atoms with Crippen molar-refractivity contribution in [2.24, 2.45) is 0 Å². The second-order valence-electron chi connectivity index (χ2n) is 5.85. The first-order chi connectivity index (χ1) is 11.9. The highest BCUT2D eigenvalue weighted by atomic mass is 14.2. The van der Waals surface area contributed by atoms with Crippen LogP contribution in [0.5, 0.6) is 0 Å². The van der Waals surface area contributed by atoms with Crippen LogP contribution in [0.4, 0.5) is 0 Å². The third-order valence-corrected chi connectivity index (χ3v) is 4.76. The molecule has 0 aliphatic rings. The molecule has 0 nitrogen and oxygen atoms in total. The van der Waals surface area contributed by atoms with Crippen LogP contribution in [0, 0.1) is 0 Å². The molecule has 0 fully saturated rings. The average Bonchev–Trinajstić information content (AvgIpc) is 2.67. The number of fused-ring (bicyclic) bond motifs is 2. The molecule has 0 radical (unpaired) electrons. The Hall–Kier alpha value is -2.86. The van der Waals surface area contributed by atoms with E-state index in [1.165, 1.54) is 48.7 Å². The Kier molecular flexibility index (Phi) is 3.46. The molecule has 0 atom stereocenters. The van der Waals surface area contributed by atoms with Crippen molar-refractivity contribution in [3.63, 3.8) is 0 Å². The third-order valence-electron chi connectivity index (χ3n) is 4.76. The Bertz CT molecular complexity index is 1170. The van der Waals surface area contributed by atoms with Crippen LogP contribution in [0.25, 0.3) is 49.2 Å². The lowest BCUT2D eigenvalue weighted by Crippen LogP contribution is -1.88. The third kappa shape index (κ3) is 1.86. The number of benzene rings is 5. The highest BCUT2D eigenvalue weighted by Gasteiger charge is 2.13. The monoisotopic (exact) mass is 308 g/mol. The normalized spacial score (nSPS) is 11.1. The molecule has 0 bridgehead atoms. The van der Waals surface area contributed by atoms with Crippen molar-refractivity contribution in [3.8, 4) is 0 Å². The molecule has 0 N–H and O–H groups in total. The maximum atomic E-state index is 4.02. The first-order valence-corrected chi connectivity index (χ1v) is 8.59. The van der Waals surface area contributed by atoms with Gasteiger partial charge in [0, 0.05) is 0 Å². The van der Waals surface area contributed by atoms with Crippen LogP contribution in [-0.4, -0.2) is 0 Å². The van der Waals surface area contributed by atoms with Crippen molar-refractivity contribution < 1.29 is 0 Å². The van der Waals surface area contributed by atoms with Gasteiger partial charge in [0.15, 0.2) is 0 Å². The molecule has 0 aliphatic carbocycles. The van der Waals surface area contributed by atoms with Gasteiger partial charge < -0.3 is 0 Å². The van der Waals surface area contributed by atoms with E-state index in [1.54, 1.807) is 0 Å². The SMILES string of the molecule is C=Cc1ccc2cccc3c4cccc5cccc(c1c23)c54.CC. The van der Waals surface area contributed by atoms with Crippen molar-refractivity contribution >= 4 is 49.2 Å². The molecule has 0 saturated carbocycles. The lowest BCUT2D eigenvalue weighted by atomic mass is 9.88. The smallest absolute Gasteiger partial charge is 0.00203 e. The average molecular weight is 308 g/mol. The summed E-state index contributed by atoms with van der Waals surface area (Å²) in [5, 5.41) is 10.6. The molecule has 24 heavy (non-hydrogen) atoms. The minimum absolute atomic E-state index is 1.21. The van der Waals surface area contributed by atoms with E-state index in [-0.39, 0.29) is 0 Å². The summed E-state index contributed by atoms with van der Waals surface area (Å²) in [5.41, 5.74) is 1.21. The van der Waals surface area contributed by atoms with Crippen LogP contribution < -0.4 is 0 Å². The van der Waals surface area contributed by atoms with Gasteiger partial charge in [0.05, 0.1) is 0 Å². The van der Waals surface area contributed by atoms with E-state index in [0.717, 1.165) is 0 Å². The van der Waals surface area contributed by atoms with Crippen LogP contribution in [0.15, 0.2) is 73.3 Å². The number of rotatable bonds is 1. The van der Waals surface area contributed by atoms with Crippen LogP contribution >= 0.6 is 0 Å². The van der Waals surface area contributed by atoms with Crippen LogP contribution in [0.3, 0.4) is 0 Å². The van der Waals surface area contributed by atoms with Gasteiger partial charge in [0.1, 0.15) is 0 Å². The molecule has 0 unspecified atom stereocenters. The second kappa shape index (κ2) is 5.65. The van der Waals surface area contributed by atoms with E-state index in [9.17, 15) is 0 Å². The zero-order valence-electron chi connectivity index (χ0n) is 14.1. The summed E-state index contributed by atoms with van der Waals surface area (Å²) in [6.07, 6.45) is 1.97. The minimum Gasteiger partial charge on any atom is -0.0984 e. The highest BCUT2D eigenvalue weighted by molar-refractivity contribution is 6.34. The molecular weight excluding hydrogens is 288 g/mol. The molecule has 5 aromatic rings. The Morgan fingerprint density at radius 2 is 1.12 bits per heavy atom. The zero-order chi connectivity index (χ0) is 16.7. The largest absolute Gasteiger partial charge is 0.0984 e. The molecular formula is C24H20.